The molecule has 0 aliphatic heterocycles. The summed E-state index contributed by atoms with van der Waals surface area (Å²) in [4.78, 5) is 20.0. The summed E-state index contributed by atoms with van der Waals surface area (Å²) in [6, 6.07) is 58.4. The van der Waals surface area contributed by atoms with Crippen molar-refractivity contribution in [2.24, 2.45) is 0 Å². The molecule has 0 saturated heterocycles. The van der Waals surface area contributed by atoms with Gasteiger partial charge in [-0.2, -0.15) is 0 Å². The lowest BCUT2D eigenvalue weighted by molar-refractivity contribution is 0.622. The fourth-order valence-corrected chi connectivity index (χ4v) is 9.00. The molecule has 0 spiro atoms. The molecular weight excluding hydrogens is 721 g/mol. The molecule has 6 nitrogen and oxygen atoms in total. The molecule has 266 valence electrons. The van der Waals surface area contributed by atoms with Crippen LogP contribution in [-0.2, 0) is 0 Å². The normalized spacial score (nSPS) is 11.9. The highest BCUT2D eigenvalue weighted by Crippen LogP contribution is 2.40. The number of hydrogen-bond donors (Lipinski definition) is 0. The number of nitrogens with zero attached hydrogens (tertiary/aromatic N) is 4. The minimum atomic E-state index is 0.558. The van der Waals surface area contributed by atoms with Crippen LogP contribution in [-0.4, -0.2) is 19.9 Å². The van der Waals surface area contributed by atoms with Crippen LogP contribution >= 0.6 is 11.3 Å². The summed E-state index contributed by atoms with van der Waals surface area (Å²) in [5.74, 6) is 2.34. The van der Waals surface area contributed by atoms with E-state index in [0.29, 0.717) is 34.5 Å². The Kier molecular flexibility index (Phi) is 7.00. The van der Waals surface area contributed by atoms with Crippen LogP contribution in [0, 0.1) is 0 Å². The highest BCUT2D eigenvalue weighted by atomic mass is 32.1. The molecule has 0 bridgehead atoms. The Hall–Kier alpha value is -7.48. The van der Waals surface area contributed by atoms with Gasteiger partial charge in [0.05, 0.1) is 5.39 Å². The molecule has 12 rings (SSSR count). The first-order valence-electron chi connectivity index (χ1n) is 18.8. The number of thiophene rings is 1. The Morgan fingerprint density at radius 3 is 1.84 bits per heavy atom. The van der Waals surface area contributed by atoms with E-state index in [2.05, 4.69) is 109 Å². The lowest BCUT2D eigenvalue weighted by Gasteiger charge is -2.10. The number of aromatic nitrogens is 4. The van der Waals surface area contributed by atoms with Gasteiger partial charge >= 0.3 is 0 Å². The van der Waals surface area contributed by atoms with Gasteiger partial charge < -0.3 is 8.83 Å². The molecule has 4 aromatic heterocycles. The molecule has 57 heavy (non-hydrogen) atoms. The second-order valence-corrected chi connectivity index (χ2v) is 15.3. The van der Waals surface area contributed by atoms with Crippen LogP contribution in [0.3, 0.4) is 0 Å². The van der Waals surface area contributed by atoms with E-state index < -0.39 is 0 Å². The average Bonchev–Trinajstić information content (AvgIpc) is 3.99. The smallest absolute Gasteiger partial charge is 0.227 e. The molecule has 0 saturated carbocycles. The zero-order valence-electron chi connectivity index (χ0n) is 30.2. The Labute approximate surface area is 329 Å². The van der Waals surface area contributed by atoms with Gasteiger partial charge in [0.2, 0.25) is 5.89 Å². The fourth-order valence-electron chi connectivity index (χ4n) is 7.91. The first kappa shape index (κ1) is 31.8. The van der Waals surface area contributed by atoms with Gasteiger partial charge in [-0.3, -0.25) is 0 Å². The van der Waals surface area contributed by atoms with Gasteiger partial charge in [0.1, 0.15) is 16.7 Å². The van der Waals surface area contributed by atoms with E-state index in [0.717, 1.165) is 60.5 Å². The standard InChI is InChI=1S/C50H28N4O2S/c1-3-9-29(10-4-1)32-17-15-30-16-18-33(26-36(30)25-32)48-52-47(31-11-5-2-6-12-31)53-49(54-48)34-19-21-38-42(28-34)55-41-23-22-40-46(45(38)41)56-50(51-40)35-20-24-44-39(27-35)37-13-7-8-14-43(37)57-44/h1-28H. The molecule has 0 atom stereocenters. The predicted molar refractivity (Wildman–Crippen MR) is 232 cm³/mol. The molecule has 0 N–H and O–H groups in total. The number of oxazole rings is 1. The first-order valence-corrected chi connectivity index (χ1v) is 19.6. The quantitative estimate of drug-likeness (QED) is 0.174. The van der Waals surface area contributed by atoms with Crippen molar-refractivity contribution in [1.29, 1.82) is 0 Å². The average molecular weight is 749 g/mol. The monoisotopic (exact) mass is 748 g/mol. The van der Waals surface area contributed by atoms with Crippen LogP contribution < -0.4 is 0 Å². The second kappa shape index (κ2) is 12.5. The summed E-state index contributed by atoms with van der Waals surface area (Å²) >= 11 is 1.80. The largest absolute Gasteiger partial charge is 0.456 e. The van der Waals surface area contributed by atoms with Crippen molar-refractivity contribution in [3.63, 3.8) is 0 Å². The third-order valence-electron chi connectivity index (χ3n) is 10.7. The summed E-state index contributed by atoms with van der Waals surface area (Å²) < 4.78 is 15.6. The minimum absolute atomic E-state index is 0.558. The first-order chi connectivity index (χ1) is 28.2. The summed E-state index contributed by atoms with van der Waals surface area (Å²) in [5, 5.41) is 6.53. The molecule has 0 unspecified atom stereocenters. The number of furan rings is 1. The van der Waals surface area contributed by atoms with Crippen LogP contribution in [0.15, 0.2) is 179 Å². The molecule has 12 aromatic rings. The molecule has 0 aliphatic rings. The molecule has 0 radical (unpaired) electrons. The molecular formula is C50H28N4O2S. The van der Waals surface area contributed by atoms with Crippen molar-refractivity contribution in [2.45, 2.75) is 0 Å². The number of fused-ring (bicyclic) bond motifs is 9. The van der Waals surface area contributed by atoms with Crippen molar-refractivity contribution in [3.05, 3.63) is 170 Å². The third kappa shape index (κ3) is 5.32. The van der Waals surface area contributed by atoms with E-state index >= 15 is 0 Å². The maximum atomic E-state index is 6.58. The van der Waals surface area contributed by atoms with Crippen LogP contribution in [0.5, 0.6) is 0 Å². The van der Waals surface area contributed by atoms with Gasteiger partial charge in [-0.1, -0.05) is 109 Å². The maximum Gasteiger partial charge on any atom is 0.227 e. The fraction of sp³-hybridized carbons (Fsp3) is 0. The van der Waals surface area contributed by atoms with Crippen LogP contribution in [0.4, 0.5) is 0 Å². The number of rotatable bonds is 5. The molecule has 4 heterocycles. The van der Waals surface area contributed by atoms with Crippen molar-refractivity contribution in [2.75, 3.05) is 0 Å². The van der Waals surface area contributed by atoms with Gasteiger partial charge in [0.25, 0.3) is 0 Å². The summed E-state index contributed by atoms with van der Waals surface area (Å²) in [6.07, 6.45) is 0. The zero-order chi connectivity index (χ0) is 37.5. The Morgan fingerprint density at radius 2 is 1.02 bits per heavy atom. The summed E-state index contributed by atoms with van der Waals surface area (Å²) in [7, 11) is 0. The summed E-state index contributed by atoms with van der Waals surface area (Å²) in [6.45, 7) is 0. The van der Waals surface area contributed by atoms with Crippen LogP contribution in [0.25, 0.3) is 121 Å². The SMILES string of the molecule is c1ccc(-c2ccc3ccc(-c4nc(-c5ccccc5)nc(-c5ccc6c(c5)oc5ccc7nc(-c8ccc9sc%10ccccc%10c9c8)oc7c56)n4)cc3c2)cc1. The van der Waals surface area contributed by atoms with E-state index in [9.17, 15) is 0 Å². The molecule has 8 aromatic carbocycles. The van der Waals surface area contributed by atoms with Crippen LogP contribution in [0.2, 0.25) is 0 Å². The Bertz CT molecular complexity index is 3530. The topological polar surface area (TPSA) is 77.8 Å². The van der Waals surface area contributed by atoms with Crippen molar-refractivity contribution in [3.8, 4) is 56.7 Å². The lowest BCUT2D eigenvalue weighted by atomic mass is 10.00. The van der Waals surface area contributed by atoms with Gasteiger partial charge in [0, 0.05) is 47.8 Å². The van der Waals surface area contributed by atoms with Gasteiger partial charge in [-0.05, 0) is 82.6 Å². The van der Waals surface area contributed by atoms with E-state index in [1.165, 1.54) is 25.7 Å². The summed E-state index contributed by atoms with van der Waals surface area (Å²) in [5.41, 5.74) is 8.83. The number of hydrogen-bond acceptors (Lipinski definition) is 7. The molecule has 0 amide bonds. The predicted octanol–water partition coefficient (Wildman–Crippen LogP) is 13.8. The zero-order valence-corrected chi connectivity index (χ0v) is 31.0. The van der Waals surface area contributed by atoms with E-state index in [1.54, 1.807) is 11.3 Å². The van der Waals surface area contributed by atoms with Gasteiger partial charge in [-0.25, -0.2) is 19.9 Å². The van der Waals surface area contributed by atoms with E-state index in [4.69, 9.17) is 28.8 Å². The maximum absolute atomic E-state index is 6.58. The third-order valence-corrected chi connectivity index (χ3v) is 11.9. The van der Waals surface area contributed by atoms with Crippen LogP contribution in [0.1, 0.15) is 0 Å². The van der Waals surface area contributed by atoms with Crippen molar-refractivity contribution in [1.82, 2.24) is 19.9 Å². The molecule has 0 aliphatic carbocycles. The Morgan fingerprint density at radius 1 is 0.368 bits per heavy atom. The van der Waals surface area contributed by atoms with Gasteiger partial charge in [-0.15, -0.1) is 11.3 Å². The van der Waals surface area contributed by atoms with Crippen molar-refractivity contribution < 1.29 is 8.83 Å². The van der Waals surface area contributed by atoms with E-state index in [-0.39, 0.29) is 0 Å². The second-order valence-electron chi connectivity index (χ2n) is 14.2. The number of benzene rings is 8. The highest BCUT2D eigenvalue weighted by molar-refractivity contribution is 7.25. The molecule has 7 heteroatoms. The Balaban J connectivity index is 0.969. The molecule has 0 fully saturated rings. The lowest BCUT2D eigenvalue weighted by Crippen LogP contribution is -2.00. The highest BCUT2D eigenvalue weighted by Gasteiger charge is 2.20. The van der Waals surface area contributed by atoms with Gasteiger partial charge in [0.15, 0.2) is 23.1 Å². The minimum Gasteiger partial charge on any atom is -0.456 e. The van der Waals surface area contributed by atoms with Crippen molar-refractivity contribution >= 4 is 75.3 Å². The van der Waals surface area contributed by atoms with E-state index in [1.807, 2.05) is 60.7 Å².